The highest BCUT2D eigenvalue weighted by atomic mass is 16.6. The number of nitrogens with zero attached hydrogens (tertiary/aromatic N) is 2. The molecule has 0 bridgehead atoms. The van der Waals surface area contributed by atoms with E-state index in [1.54, 1.807) is 9.80 Å². The van der Waals surface area contributed by atoms with E-state index in [4.69, 9.17) is 18.9 Å². The van der Waals surface area contributed by atoms with Gasteiger partial charge < -0.3 is 28.7 Å². The van der Waals surface area contributed by atoms with Crippen LogP contribution in [0.15, 0.2) is 48.5 Å². The van der Waals surface area contributed by atoms with Gasteiger partial charge in [-0.3, -0.25) is 9.59 Å². The molecule has 2 aliphatic rings. The summed E-state index contributed by atoms with van der Waals surface area (Å²) < 4.78 is 23.1. The predicted molar refractivity (Wildman–Crippen MR) is 214 cm³/mol. The fourth-order valence-electron chi connectivity index (χ4n) is 7.33. The second-order valence-electron chi connectivity index (χ2n) is 19.5. The number of carbonyl (C=O) groups excluding carboxylic acids is 4. The van der Waals surface area contributed by atoms with Crippen LogP contribution in [0.5, 0.6) is 0 Å². The SMILES string of the molecule is CC(C)(C)OC(=O)[C@@H](Cc1cccc(Cc2cccc(C[C@H](C(=O)OC(C)(C)C)[C@H]3CCN(C(=O)OC(C)(C)C)C3)c2)c1)[C@H]1CCN(C(=O)OC(C)(C)C)C1. The van der Waals surface area contributed by atoms with E-state index >= 15 is 0 Å². The summed E-state index contributed by atoms with van der Waals surface area (Å²) in [5.41, 5.74) is 1.80. The second-order valence-corrected chi connectivity index (χ2v) is 19.5. The maximum Gasteiger partial charge on any atom is 0.410 e. The van der Waals surface area contributed by atoms with Crippen LogP contribution in [-0.4, -0.2) is 82.5 Å². The lowest BCUT2D eigenvalue weighted by atomic mass is 9.85. The molecule has 2 aromatic carbocycles. The van der Waals surface area contributed by atoms with Gasteiger partial charge in [-0.05, 0) is 149 Å². The Morgan fingerprint density at radius 2 is 0.873 bits per heavy atom. The highest BCUT2D eigenvalue weighted by Crippen LogP contribution is 2.33. The van der Waals surface area contributed by atoms with Crippen LogP contribution in [-0.2, 0) is 47.8 Å². The van der Waals surface area contributed by atoms with E-state index in [-0.39, 0.29) is 36.0 Å². The maximum atomic E-state index is 13.7. The number of amides is 2. The fourth-order valence-corrected chi connectivity index (χ4v) is 7.33. The van der Waals surface area contributed by atoms with E-state index in [0.29, 0.717) is 58.3 Å². The third-order valence-corrected chi connectivity index (χ3v) is 9.61. The molecule has 2 aliphatic heterocycles. The average molecular weight is 763 g/mol. The summed E-state index contributed by atoms with van der Waals surface area (Å²) in [6.07, 6.45) is 2.33. The molecule has 2 saturated heterocycles. The van der Waals surface area contributed by atoms with Gasteiger partial charge in [0.1, 0.15) is 22.4 Å². The van der Waals surface area contributed by atoms with Gasteiger partial charge in [0.05, 0.1) is 11.8 Å². The molecular weight excluding hydrogens is 697 g/mol. The molecule has 55 heavy (non-hydrogen) atoms. The summed E-state index contributed by atoms with van der Waals surface area (Å²) in [6, 6.07) is 16.6. The van der Waals surface area contributed by atoms with Crippen molar-refractivity contribution in [2.45, 2.75) is 138 Å². The molecule has 10 nitrogen and oxygen atoms in total. The van der Waals surface area contributed by atoms with Crippen LogP contribution >= 0.6 is 0 Å². The van der Waals surface area contributed by atoms with E-state index in [9.17, 15) is 19.2 Å². The van der Waals surface area contributed by atoms with Crippen molar-refractivity contribution in [2.75, 3.05) is 26.2 Å². The minimum atomic E-state index is -0.636. The Bertz CT molecular complexity index is 1540. The lowest BCUT2D eigenvalue weighted by molar-refractivity contribution is -0.163. The number of ether oxygens (including phenoxy) is 4. The van der Waals surface area contributed by atoms with Crippen molar-refractivity contribution < 1.29 is 38.1 Å². The summed E-state index contributed by atoms with van der Waals surface area (Å²) in [4.78, 5) is 56.5. The van der Waals surface area contributed by atoms with Crippen molar-refractivity contribution in [3.05, 3.63) is 70.8 Å². The monoisotopic (exact) mass is 762 g/mol. The van der Waals surface area contributed by atoms with Gasteiger partial charge in [-0.2, -0.15) is 0 Å². The molecule has 2 amide bonds. The first-order chi connectivity index (χ1) is 25.3. The van der Waals surface area contributed by atoms with Crippen molar-refractivity contribution >= 4 is 24.1 Å². The molecule has 0 unspecified atom stereocenters. The molecule has 10 heteroatoms. The Kier molecular flexibility index (Phi) is 13.8. The number of hydrogen-bond donors (Lipinski definition) is 0. The minimum absolute atomic E-state index is 0.0586. The zero-order chi connectivity index (χ0) is 40.9. The Morgan fingerprint density at radius 3 is 1.20 bits per heavy atom. The normalized spacial score (nSPS) is 19.1. The molecule has 0 radical (unpaired) electrons. The van der Waals surface area contributed by atoms with Crippen LogP contribution in [0.3, 0.4) is 0 Å². The van der Waals surface area contributed by atoms with E-state index in [1.807, 2.05) is 107 Å². The fraction of sp³-hybridized carbons (Fsp3) is 0.644. The summed E-state index contributed by atoms with van der Waals surface area (Å²) >= 11 is 0. The van der Waals surface area contributed by atoms with E-state index < -0.39 is 34.2 Å². The van der Waals surface area contributed by atoms with Crippen LogP contribution in [0.25, 0.3) is 0 Å². The molecule has 304 valence electrons. The predicted octanol–water partition coefficient (Wildman–Crippen LogP) is 8.79. The number of esters is 2. The Morgan fingerprint density at radius 1 is 0.545 bits per heavy atom. The molecular formula is C45H66N2O8. The smallest absolute Gasteiger partial charge is 0.410 e. The molecule has 4 rings (SSSR count). The molecule has 4 atom stereocenters. The number of benzene rings is 2. The van der Waals surface area contributed by atoms with Gasteiger partial charge in [0.25, 0.3) is 0 Å². The molecule has 0 aliphatic carbocycles. The van der Waals surface area contributed by atoms with Gasteiger partial charge in [-0.25, -0.2) is 9.59 Å². The second kappa shape index (κ2) is 17.4. The largest absolute Gasteiger partial charge is 0.460 e. The maximum absolute atomic E-state index is 13.7. The Labute approximate surface area is 329 Å². The minimum Gasteiger partial charge on any atom is -0.460 e. The van der Waals surface area contributed by atoms with Crippen LogP contribution < -0.4 is 0 Å². The molecule has 0 spiro atoms. The van der Waals surface area contributed by atoms with Crippen molar-refractivity contribution in [1.29, 1.82) is 0 Å². The summed E-state index contributed by atoms with van der Waals surface area (Å²) in [7, 11) is 0. The average Bonchev–Trinajstić information content (AvgIpc) is 3.71. The lowest BCUT2D eigenvalue weighted by Crippen LogP contribution is -2.38. The molecule has 0 aromatic heterocycles. The Balaban J connectivity index is 1.50. The van der Waals surface area contributed by atoms with Gasteiger partial charge in [-0.1, -0.05) is 48.5 Å². The summed E-state index contributed by atoms with van der Waals surface area (Å²) in [5, 5.41) is 0. The van der Waals surface area contributed by atoms with Gasteiger partial charge in [0, 0.05) is 26.2 Å². The number of rotatable bonds is 10. The standard InChI is InChI=1S/C45H66N2O8/c1-42(2,3)52-38(48)36(34-19-21-46(28-34)40(50)54-44(7,8)9)26-32-17-13-15-30(24-32)23-31-16-14-18-33(25-31)27-37(39(49)53-43(4,5)6)35-20-22-47(29-35)41(51)55-45(10,11)12/h13-18,24-25,34-37H,19-23,26-29H2,1-12H3/t34-,35-,36-,37-/m0/s1. The first-order valence-corrected chi connectivity index (χ1v) is 19.9. The Hall–Kier alpha value is -4.08. The number of likely N-dealkylation sites (tertiary alicyclic amines) is 2. The molecule has 0 saturated carbocycles. The van der Waals surface area contributed by atoms with Crippen LogP contribution in [0.1, 0.15) is 118 Å². The summed E-state index contributed by atoms with van der Waals surface area (Å²) in [6.45, 7) is 24.3. The first kappa shape index (κ1) is 43.6. The van der Waals surface area contributed by atoms with Gasteiger partial charge in [-0.15, -0.1) is 0 Å². The quantitative estimate of drug-likeness (QED) is 0.175. The van der Waals surface area contributed by atoms with Crippen LogP contribution in [0.2, 0.25) is 0 Å². The number of hydrogen-bond acceptors (Lipinski definition) is 8. The topological polar surface area (TPSA) is 112 Å². The van der Waals surface area contributed by atoms with E-state index in [2.05, 4.69) is 24.3 Å². The van der Waals surface area contributed by atoms with E-state index in [1.165, 1.54) is 0 Å². The van der Waals surface area contributed by atoms with Crippen molar-refractivity contribution in [3.8, 4) is 0 Å². The lowest BCUT2D eigenvalue weighted by Gasteiger charge is -2.28. The van der Waals surface area contributed by atoms with Crippen molar-refractivity contribution in [3.63, 3.8) is 0 Å². The van der Waals surface area contributed by atoms with Crippen LogP contribution in [0.4, 0.5) is 9.59 Å². The van der Waals surface area contributed by atoms with Crippen molar-refractivity contribution in [2.24, 2.45) is 23.7 Å². The first-order valence-electron chi connectivity index (χ1n) is 19.9. The van der Waals surface area contributed by atoms with Gasteiger partial charge >= 0.3 is 24.1 Å². The third kappa shape index (κ3) is 14.2. The van der Waals surface area contributed by atoms with Gasteiger partial charge in [0.2, 0.25) is 0 Å². The number of carbonyl (C=O) groups is 4. The van der Waals surface area contributed by atoms with Gasteiger partial charge in [0.15, 0.2) is 0 Å². The molecule has 2 fully saturated rings. The molecule has 2 aromatic rings. The van der Waals surface area contributed by atoms with E-state index in [0.717, 1.165) is 22.3 Å². The zero-order valence-electron chi connectivity index (χ0n) is 35.5. The zero-order valence-corrected chi connectivity index (χ0v) is 35.5. The highest BCUT2D eigenvalue weighted by Gasteiger charge is 2.40. The molecule has 2 heterocycles. The summed E-state index contributed by atoms with van der Waals surface area (Å²) in [5.74, 6) is -1.46. The molecule has 0 N–H and O–H groups in total. The highest BCUT2D eigenvalue weighted by molar-refractivity contribution is 5.75. The van der Waals surface area contributed by atoms with Crippen molar-refractivity contribution in [1.82, 2.24) is 9.80 Å². The third-order valence-electron chi connectivity index (χ3n) is 9.61. The van der Waals surface area contributed by atoms with Crippen LogP contribution in [0, 0.1) is 23.7 Å².